The van der Waals surface area contributed by atoms with Crippen LogP contribution in [0.2, 0.25) is 0 Å². The number of nitrogens with zero attached hydrogens (tertiary/aromatic N) is 3. The van der Waals surface area contributed by atoms with E-state index in [4.69, 9.17) is 0 Å². The second kappa shape index (κ2) is 8.53. The van der Waals surface area contributed by atoms with Crippen molar-refractivity contribution < 1.29 is 19.4 Å². The Morgan fingerprint density at radius 2 is 1.97 bits per heavy atom. The van der Waals surface area contributed by atoms with Gasteiger partial charge in [-0.15, -0.1) is 0 Å². The Hall–Kier alpha value is -2.55. The predicted molar refractivity (Wildman–Crippen MR) is 116 cm³/mol. The zero-order valence-electron chi connectivity index (χ0n) is 17.9. The number of pyridine rings is 1. The number of β-amino-alcohol motifs (C(OH)–C–C–N with tert-alkyl or cyclic N) is 1. The zero-order valence-corrected chi connectivity index (χ0v) is 17.9. The third-order valence-corrected chi connectivity index (χ3v) is 6.31. The number of aromatic nitrogens is 1. The topological polar surface area (TPSA) is 88.9 Å². The first-order valence-electron chi connectivity index (χ1n) is 10.6. The number of aryl methyl sites for hydroxylation is 1. The molecule has 3 N–H and O–H groups in total. The van der Waals surface area contributed by atoms with Crippen molar-refractivity contribution >= 4 is 17.3 Å². The number of nitrogens with one attached hydrogen (secondary N) is 1. The summed E-state index contributed by atoms with van der Waals surface area (Å²) in [6.45, 7) is 1.60. The van der Waals surface area contributed by atoms with E-state index in [0.29, 0.717) is 56.7 Å². The number of fused-ring (bicyclic) bond motifs is 1. The summed E-state index contributed by atoms with van der Waals surface area (Å²) in [4.78, 5) is 19.3. The number of amides is 1. The van der Waals surface area contributed by atoms with Gasteiger partial charge in [0.2, 0.25) is 11.9 Å². The summed E-state index contributed by atoms with van der Waals surface area (Å²) in [6, 6.07) is 8.98. The number of aliphatic hydroxyl groups is 2. The third kappa shape index (κ3) is 4.56. The van der Waals surface area contributed by atoms with E-state index in [9.17, 15) is 19.4 Å². The first-order valence-corrected chi connectivity index (χ1v) is 10.6. The van der Waals surface area contributed by atoms with E-state index in [-0.39, 0.29) is 5.91 Å². The summed E-state index contributed by atoms with van der Waals surface area (Å²) < 4.78 is 14.3. The second-order valence-electron chi connectivity index (χ2n) is 8.71. The molecule has 2 aromatic rings. The van der Waals surface area contributed by atoms with Crippen molar-refractivity contribution in [3.63, 3.8) is 0 Å². The van der Waals surface area contributed by atoms with E-state index in [0.717, 1.165) is 16.8 Å². The number of aliphatic hydroxyl groups excluding tert-OH is 1. The third-order valence-electron chi connectivity index (χ3n) is 6.31. The molecule has 0 radical (unpaired) electrons. The maximum atomic E-state index is 14.3. The lowest BCUT2D eigenvalue weighted by Gasteiger charge is -2.38. The Kier molecular flexibility index (Phi) is 5.96. The normalized spacial score (nSPS) is 19.5. The highest BCUT2D eigenvalue weighted by Crippen LogP contribution is 2.34. The molecule has 31 heavy (non-hydrogen) atoms. The molecule has 2 aliphatic rings. The molecule has 3 heterocycles. The van der Waals surface area contributed by atoms with Gasteiger partial charge in [-0.05, 0) is 48.6 Å². The Balaban J connectivity index is 1.38. The van der Waals surface area contributed by atoms with E-state index in [1.807, 2.05) is 18.2 Å². The van der Waals surface area contributed by atoms with E-state index in [2.05, 4.69) is 15.2 Å². The Bertz CT molecular complexity index is 973. The van der Waals surface area contributed by atoms with Crippen molar-refractivity contribution in [3.05, 3.63) is 53.1 Å². The monoisotopic (exact) mass is 428 g/mol. The van der Waals surface area contributed by atoms with Gasteiger partial charge in [0, 0.05) is 45.8 Å². The number of carbonyl (C=O) groups is 1. The summed E-state index contributed by atoms with van der Waals surface area (Å²) in [5.41, 5.74) is 2.24. The van der Waals surface area contributed by atoms with Crippen LogP contribution >= 0.6 is 0 Å². The van der Waals surface area contributed by atoms with Crippen LogP contribution in [0.1, 0.15) is 42.2 Å². The molecule has 1 fully saturated rings. The molecule has 0 bridgehead atoms. The van der Waals surface area contributed by atoms with E-state index in [1.54, 1.807) is 31.1 Å². The number of hydrogen-bond donors (Lipinski definition) is 3. The molecule has 1 saturated heterocycles. The average molecular weight is 429 g/mol. The van der Waals surface area contributed by atoms with Gasteiger partial charge in [0.05, 0.1) is 17.5 Å². The molecule has 2 aliphatic heterocycles. The Labute approximate surface area is 181 Å². The highest BCUT2D eigenvalue weighted by molar-refractivity contribution is 5.93. The minimum absolute atomic E-state index is 0.0207. The molecule has 4 rings (SSSR count). The smallest absolute Gasteiger partial charge is 0.236 e. The van der Waals surface area contributed by atoms with Crippen LogP contribution in [0.4, 0.5) is 15.8 Å². The number of halogens is 1. The molecule has 1 unspecified atom stereocenters. The molecular formula is C23H29FN4O3. The van der Waals surface area contributed by atoms with Crippen molar-refractivity contribution in [3.8, 4) is 0 Å². The number of benzene rings is 1. The van der Waals surface area contributed by atoms with Gasteiger partial charge in [0.1, 0.15) is 5.60 Å². The van der Waals surface area contributed by atoms with Crippen LogP contribution < -0.4 is 10.2 Å². The van der Waals surface area contributed by atoms with Gasteiger partial charge in [-0.25, -0.2) is 4.98 Å². The number of carbonyl (C=O) groups excluding carboxylic acids is 1. The fourth-order valence-corrected chi connectivity index (χ4v) is 4.34. The highest BCUT2D eigenvalue weighted by atomic mass is 19.1. The first-order chi connectivity index (χ1) is 14.7. The van der Waals surface area contributed by atoms with Crippen LogP contribution in [0, 0.1) is 5.95 Å². The van der Waals surface area contributed by atoms with Crippen molar-refractivity contribution in [1.82, 2.24) is 9.88 Å². The predicted octanol–water partition coefficient (Wildman–Crippen LogP) is 2.19. The Morgan fingerprint density at radius 3 is 2.65 bits per heavy atom. The standard InChI is InChI=1S/C23H29FN4O3/c1-27(2)18-6-7-20(26-22(18)24)23(31)9-11-28(12-10-23)14-19(29)16-3-5-17-15(13-16)4-8-21(30)25-17/h3,5-7,13,19,29,31H,4,8-12,14H2,1-2H3,(H,25,30). The number of piperidine rings is 1. The largest absolute Gasteiger partial charge is 0.387 e. The number of likely N-dealkylation sites (tertiary alicyclic amines) is 1. The molecule has 1 aromatic heterocycles. The number of hydrogen-bond acceptors (Lipinski definition) is 6. The summed E-state index contributed by atoms with van der Waals surface area (Å²) in [5, 5.41) is 24.6. The van der Waals surface area contributed by atoms with Crippen LogP contribution in [0.5, 0.6) is 0 Å². The van der Waals surface area contributed by atoms with E-state index >= 15 is 0 Å². The van der Waals surface area contributed by atoms with Crippen molar-refractivity contribution in [2.24, 2.45) is 0 Å². The molecule has 1 atom stereocenters. The lowest BCUT2D eigenvalue weighted by atomic mass is 9.87. The molecular weight excluding hydrogens is 399 g/mol. The van der Waals surface area contributed by atoms with Crippen LogP contribution in [-0.2, 0) is 16.8 Å². The molecule has 7 nitrogen and oxygen atoms in total. The summed E-state index contributed by atoms with van der Waals surface area (Å²) in [5.74, 6) is -0.565. The van der Waals surface area contributed by atoms with Crippen molar-refractivity contribution in [2.45, 2.75) is 37.4 Å². The van der Waals surface area contributed by atoms with Crippen molar-refractivity contribution in [2.75, 3.05) is 43.9 Å². The minimum Gasteiger partial charge on any atom is -0.387 e. The number of anilines is 2. The van der Waals surface area contributed by atoms with E-state index < -0.39 is 17.7 Å². The van der Waals surface area contributed by atoms with Gasteiger partial charge in [-0.2, -0.15) is 4.39 Å². The SMILES string of the molecule is CN(C)c1ccc(C2(O)CCN(CC(O)c3ccc4c(c3)CCC(=O)N4)CC2)nc1F. The van der Waals surface area contributed by atoms with Gasteiger partial charge >= 0.3 is 0 Å². The van der Waals surface area contributed by atoms with Crippen LogP contribution in [-0.4, -0.2) is 59.7 Å². The zero-order chi connectivity index (χ0) is 22.2. The van der Waals surface area contributed by atoms with Gasteiger partial charge in [0.15, 0.2) is 0 Å². The van der Waals surface area contributed by atoms with Crippen LogP contribution in [0.15, 0.2) is 30.3 Å². The minimum atomic E-state index is -1.17. The summed E-state index contributed by atoms with van der Waals surface area (Å²) in [7, 11) is 3.49. The molecule has 8 heteroatoms. The molecule has 0 spiro atoms. The quantitative estimate of drug-likeness (QED) is 0.633. The average Bonchev–Trinajstić information content (AvgIpc) is 2.74. The Morgan fingerprint density at radius 1 is 1.23 bits per heavy atom. The second-order valence-corrected chi connectivity index (χ2v) is 8.71. The van der Waals surface area contributed by atoms with Gasteiger partial charge in [0.25, 0.3) is 0 Å². The molecule has 166 valence electrons. The lowest BCUT2D eigenvalue weighted by Crippen LogP contribution is -2.44. The fraction of sp³-hybridized carbons (Fsp3) is 0.478. The maximum Gasteiger partial charge on any atom is 0.236 e. The fourth-order valence-electron chi connectivity index (χ4n) is 4.34. The number of rotatable bonds is 5. The van der Waals surface area contributed by atoms with Gasteiger partial charge < -0.3 is 25.3 Å². The van der Waals surface area contributed by atoms with Crippen LogP contribution in [0.3, 0.4) is 0 Å². The van der Waals surface area contributed by atoms with Gasteiger partial charge in [-0.3, -0.25) is 4.79 Å². The lowest BCUT2D eigenvalue weighted by molar-refractivity contribution is -0.116. The molecule has 1 aromatic carbocycles. The first kappa shape index (κ1) is 21.7. The molecule has 1 amide bonds. The van der Waals surface area contributed by atoms with Gasteiger partial charge in [-0.1, -0.05) is 12.1 Å². The highest BCUT2D eigenvalue weighted by Gasteiger charge is 2.36. The van der Waals surface area contributed by atoms with E-state index in [1.165, 1.54) is 0 Å². The van der Waals surface area contributed by atoms with Crippen LogP contribution in [0.25, 0.3) is 0 Å². The van der Waals surface area contributed by atoms with Crippen molar-refractivity contribution in [1.29, 1.82) is 0 Å². The molecule has 0 aliphatic carbocycles. The summed E-state index contributed by atoms with van der Waals surface area (Å²) >= 11 is 0. The summed E-state index contributed by atoms with van der Waals surface area (Å²) in [6.07, 6.45) is 1.31. The molecule has 0 saturated carbocycles. The maximum absolute atomic E-state index is 14.3.